The zero-order valence-corrected chi connectivity index (χ0v) is 28.4. The van der Waals surface area contributed by atoms with Crippen molar-refractivity contribution in [1.82, 2.24) is 4.90 Å². The van der Waals surface area contributed by atoms with E-state index in [0.29, 0.717) is 42.6 Å². The highest BCUT2D eigenvalue weighted by Gasteiger charge is 2.49. The van der Waals surface area contributed by atoms with Crippen molar-refractivity contribution < 1.29 is 19.1 Å². The predicted molar refractivity (Wildman–Crippen MR) is 183 cm³/mol. The van der Waals surface area contributed by atoms with Crippen LogP contribution in [0.5, 0.6) is 11.5 Å². The van der Waals surface area contributed by atoms with E-state index in [-0.39, 0.29) is 22.4 Å². The number of allylic oxidation sites excluding steroid dienone is 4. The molecule has 6 heteroatoms. The van der Waals surface area contributed by atoms with Crippen molar-refractivity contribution in [1.29, 1.82) is 0 Å². The lowest BCUT2D eigenvalue weighted by atomic mass is 9.63. The van der Waals surface area contributed by atoms with Crippen molar-refractivity contribution >= 4 is 23.2 Å². The minimum Gasteiger partial charge on any atom is -0.490 e. The molecular weight excluding hydrogens is 594 g/mol. The number of benzene rings is 3. The molecule has 3 aromatic rings. The summed E-state index contributed by atoms with van der Waals surface area (Å²) in [5, 5.41) is 0.646. The van der Waals surface area contributed by atoms with Gasteiger partial charge in [0.2, 0.25) is 0 Å². The van der Waals surface area contributed by atoms with Crippen LogP contribution in [0.15, 0.2) is 95.3 Å². The monoisotopic (exact) mass is 637 g/mol. The molecule has 0 saturated heterocycles. The van der Waals surface area contributed by atoms with Crippen LogP contribution >= 0.6 is 11.6 Å². The molecule has 5 nitrogen and oxygen atoms in total. The summed E-state index contributed by atoms with van der Waals surface area (Å²) in [5.74, 6) is 1.00. The lowest BCUT2D eigenvalue weighted by Crippen LogP contribution is -2.45. The van der Waals surface area contributed by atoms with Gasteiger partial charge < -0.3 is 14.4 Å². The number of ketones is 2. The highest BCUT2D eigenvalue weighted by Crippen LogP contribution is 2.55. The Morgan fingerprint density at radius 1 is 0.761 bits per heavy atom. The Hall–Kier alpha value is -3.83. The highest BCUT2D eigenvalue weighted by molar-refractivity contribution is 6.31. The van der Waals surface area contributed by atoms with E-state index in [2.05, 4.69) is 56.9 Å². The van der Waals surface area contributed by atoms with E-state index in [1.54, 1.807) is 0 Å². The zero-order chi connectivity index (χ0) is 32.6. The second-order valence-corrected chi connectivity index (χ2v) is 14.8. The highest BCUT2D eigenvalue weighted by atomic mass is 35.5. The molecule has 0 saturated carbocycles. The maximum Gasteiger partial charge on any atom is 0.162 e. The maximum atomic E-state index is 14.2. The molecule has 0 fully saturated rings. The van der Waals surface area contributed by atoms with Crippen molar-refractivity contribution in [3.8, 4) is 11.5 Å². The van der Waals surface area contributed by atoms with E-state index in [4.69, 9.17) is 21.1 Å². The predicted octanol–water partition coefficient (Wildman–Crippen LogP) is 9.25. The number of halogens is 1. The van der Waals surface area contributed by atoms with Gasteiger partial charge in [0.05, 0.1) is 6.61 Å². The summed E-state index contributed by atoms with van der Waals surface area (Å²) < 4.78 is 12.3. The van der Waals surface area contributed by atoms with Crippen LogP contribution in [0, 0.1) is 10.8 Å². The molecule has 0 atom stereocenters. The van der Waals surface area contributed by atoms with Crippen molar-refractivity contribution in [2.24, 2.45) is 10.8 Å². The van der Waals surface area contributed by atoms with Crippen LogP contribution in [-0.2, 0) is 22.6 Å². The molecule has 0 bridgehead atoms. The van der Waals surface area contributed by atoms with Crippen molar-refractivity contribution in [3.05, 3.63) is 117 Å². The Morgan fingerprint density at radius 3 is 1.98 bits per heavy atom. The number of Topliss-reactive ketones (excluding diaryl/α,β-unsaturated/α-hetero) is 2. The van der Waals surface area contributed by atoms with E-state index in [0.717, 1.165) is 59.5 Å². The quantitative estimate of drug-likeness (QED) is 0.234. The number of nitrogens with zero attached hydrogens (tertiary/aromatic N) is 1. The largest absolute Gasteiger partial charge is 0.490 e. The summed E-state index contributed by atoms with van der Waals surface area (Å²) >= 11 is 6.40. The first-order valence-electron chi connectivity index (χ1n) is 16.4. The fourth-order valence-electron chi connectivity index (χ4n) is 7.40. The van der Waals surface area contributed by atoms with Gasteiger partial charge in [-0.15, -0.1) is 0 Å². The molecule has 3 aromatic carbocycles. The molecule has 0 spiro atoms. The molecule has 240 valence electrons. The molecule has 1 heterocycles. The smallest absolute Gasteiger partial charge is 0.162 e. The van der Waals surface area contributed by atoms with Gasteiger partial charge in [-0.1, -0.05) is 93.9 Å². The molecule has 3 aliphatic rings. The third-order valence-corrected chi connectivity index (χ3v) is 9.80. The normalized spacial score (nSPS) is 19.2. The number of hydrogen-bond acceptors (Lipinski definition) is 5. The molecule has 46 heavy (non-hydrogen) atoms. The van der Waals surface area contributed by atoms with Gasteiger partial charge in [-0.05, 0) is 66.3 Å². The summed E-state index contributed by atoms with van der Waals surface area (Å²) in [5.41, 5.74) is 6.34. The van der Waals surface area contributed by atoms with Gasteiger partial charge in [-0.3, -0.25) is 9.59 Å². The lowest BCUT2D eigenvalue weighted by molar-refractivity contribution is -0.119. The minimum atomic E-state index is -0.443. The summed E-state index contributed by atoms with van der Waals surface area (Å²) in [6.07, 6.45) is 3.29. The molecule has 6 rings (SSSR count). The number of carbonyl (C=O) groups is 2. The Kier molecular flexibility index (Phi) is 8.91. The van der Waals surface area contributed by atoms with E-state index in [1.807, 2.05) is 55.5 Å². The van der Waals surface area contributed by atoms with Gasteiger partial charge in [0, 0.05) is 58.4 Å². The van der Waals surface area contributed by atoms with E-state index in [9.17, 15) is 9.59 Å². The number of rotatable bonds is 9. The lowest BCUT2D eigenvalue weighted by Gasteiger charge is -2.49. The van der Waals surface area contributed by atoms with Crippen LogP contribution in [-0.4, -0.2) is 29.6 Å². The van der Waals surface area contributed by atoms with E-state index < -0.39 is 5.92 Å². The van der Waals surface area contributed by atoms with Crippen LogP contribution in [0.3, 0.4) is 0 Å². The number of carbonyl (C=O) groups excluding carboxylic acids is 2. The van der Waals surface area contributed by atoms with Crippen molar-refractivity contribution in [3.63, 3.8) is 0 Å². The first-order valence-corrected chi connectivity index (χ1v) is 16.8. The summed E-state index contributed by atoms with van der Waals surface area (Å²) in [7, 11) is 0. The van der Waals surface area contributed by atoms with Crippen LogP contribution in [0.4, 0.5) is 0 Å². The van der Waals surface area contributed by atoms with Gasteiger partial charge >= 0.3 is 0 Å². The first-order chi connectivity index (χ1) is 22.0. The molecule has 0 amide bonds. The second-order valence-electron chi connectivity index (χ2n) is 14.4. The fourth-order valence-corrected chi connectivity index (χ4v) is 7.59. The molecule has 0 N–H and O–H groups in total. The fraction of sp³-hybridized carbons (Fsp3) is 0.400. The Morgan fingerprint density at radius 2 is 1.37 bits per heavy atom. The summed E-state index contributed by atoms with van der Waals surface area (Å²) in [4.78, 5) is 30.8. The Bertz CT molecular complexity index is 1660. The number of ether oxygens (including phenoxy) is 2. The molecule has 0 radical (unpaired) electrons. The maximum absolute atomic E-state index is 14.2. The first kappa shape index (κ1) is 32.1. The van der Waals surface area contributed by atoms with Crippen molar-refractivity contribution in [2.75, 3.05) is 13.2 Å². The van der Waals surface area contributed by atoms with Crippen molar-refractivity contribution in [2.45, 2.75) is 79.2 Å². The molecule has 1 aliphatic heterocycles. The topological polar surface area (TPSA) is 55.8 Å². The second kappa shape index (κ2) is 12.8. The van der Waals surface area contributed by atoms with Gasteiger partial charge in [0.1, 0.15) is 6.61 Å². The van der Waals surface area contributed by atoms with Crippen LogP contribution in [0.2, 0.25) is 5.02 Å². The van der Waals surface area contributed by atoms with Crippen LogP contribution in [0.1, 0.15) is 82.9 Å². The zero-order valence-electron chi connectivity index (χ0n) is 27.6. The standard InChI is InChI=1S/C40H44ClNO4/c1-6-45-35-20-27(16-17-34(35)46-25-28-14-10-11-15-29(28)41)36-37-30(21-39(2,3)23-32(37)43)42(19-18-26-12-8-7-9-13-26)31-22-40(4,5)24-33(44)38(31)36/h7-17,20,36H,6,18-19,21-25H2,1-5H3. The van der Waals surface area contributed by atoms with Crippen LogP contribution in [0.25, 0.3) is 0 Å². The third kappa shape index (κ3) is 6.53. The van der Waals surface area contributed by atoms with E-state index >= 15 is 0 Å². The molecular formula is C40H44ClNO4. The average molecular weight is 638 g/mol. The molecule has 0 aromatic heterocycles. The average Bonchev–Trinajstić information content (AvgIpc) is 2.99. The van der Waals surface area contributed by atoms with Crippen LogP contribution < -0.4 is 9.47 Å². The summed E-state index contributed by atoms with van der Waals surface area (Å²) in [6, 6.07) is 24.0. The molecule has 2 aliphatic carbocycles. The SMILES string of the molecule is CCOc1cc(C2C3=C(CC(C)(C)CC3=O)N(CCc3ccccc3)C3=C2C(=O)CC(C)(C)C3)ccc1OCc1ccccc1Cl. The van der Waals surface area contributed by atoms with Gasteiger partial charge in [0.25, 0.3) is 0 Å². The van der Waals surface area contributed by atoms with Gasteiger partial charge in [-0.2, -0.15) is 0 Å². The Labute approximate surface area is 278 Å². The molecule has 0 unspecified atom stereocenters. The summed E-state index contributed by atoms with van der Waals surface area (Å²) in [6.45, 7) is 12.1. The van der Waals surface area contributed by atoms with Gasteiger partial charge in [-0.25, -0.2) is 0 Å². The van der Waals surface area contributed by atoms with Gasteiger partial charge in [0.15, 0.2) is 23.1 Å². The Balaban J connectivity index is 1.46. The van der Waals surface area contributed by atoms with E-state index in [1.165, 1.54) is 5.56 Å². The minimum absolute atomic E-state index is 0.127. The number of hydrogen-bond donors (Lipinski definition) is 0. The third-order valence-electron chi connectivity index (χ3n) is 9.43.